The van der Waals surface area contributed by atoms with E-state index in [2.05, 4.69) is 0 Å². The highest BCUT2D eigenvalue weighted by Crippen LogP contribution is 2.25. The van der Waals surface area contributed by atoms with E-state index in [0.29, 0.717) is 0 Å². The van der Waals surface area contributed by atoms with Gasteiger partial charge in [0.15, 0.2) is 0 Å². The summed E-state index contributed by atoms with van der Waals surface area (Å²) in [4.78, 5) is 11.8. The molecule has 1 heterocycles. The van der Waals surface area contributed by atoms with Gasteiger partial charge in [0.05, 0.1) is 19.6 Å². The Kier molecular flexibility index (Phi) is 1.72. The van der Waals surface area contributed by atoms with Crippen molar-refractivity contribution in [3.8, 4) is 0 Å². The summed E-state index contributed by atoms with van der Waals surface area (Å²) < 4.78 is 24.2. The van der Waals surface area contributed by atoms with Gasteiger partial charge in [-0.05, 0) is 6.92 Å². The van der Waals surface area contributed by atoms with Gasteiger partial charge in [0.1, 0.15) is 5.78 Å². The summed E-state index contributed by atoms with van der Waals surface area (Å²) in [6, 6.07) is 0. The van der Waals surface area contributed by atoms with Gasteiger partial charge in [0.2, 0.25) is 0 Å². The molecule has 0 aromatic carbocycles. The molecule has 2 nitrogen and oxygen atoms in total. The van der Waals surface area contributed by atoms with Gasteiger partial charge < -0.3 is 0 Å². The quantitative estimate of drug-likeness (QED) is 0.570. The lowest BCUT2D eigenvalue weighted by molar-refractivity contribution is -0.141. The van der Waals surface area contributed by atoms with E-state index in [1.54, 1.807) is 0 Å². The van der Waals surface area contributed by atoms with Crippen LogP contribution in [0.4, 0.5) is 8.78 Å². The number of nitrogens with zero attached hydrogens (tertiary/aromatic N) is 1. The number of alkyl halides is 2. The van der Waals surface area contributed by atoms with Gasteiger partial charge in [0.25, 0.3) is 5.92 Å². The number of carbonyl (C=O) groups is 1. The topological polar surface area (TPSA) is 20.3 Å². The second-order valence-electron chi connectivity index (χ2n) is 2.70. The van der Waals surface area contributed by atoms with Gasteiger partial charge in [-0.1, -0.05) is 0 Å². The molecule has 1 aliphatic rings. The Bertz CT molecular complexity index is 150. The van der Waals surface area contributed by atoms with Crippen molar-refractivity contribution in [3.63, 3.8) is 0 Å². The van der Waals surface area contributed by atoms with Crippen LogP contribution in [0.3, 0.4) is 0 Å². The molecule has 0 amide bonds. The SMILES string of the molecule is CC(=O)CN1CC(F)(F)C1. The second kappa shape index (κ2) is 2.27. The zero-order chi connectivity index (χ0) is 7.78. The molecule has 0 N–H and O–H groups in total. The lowest BCUT2D eigenvalue weighted by Gasteiger charge is -2.37. The maximum atomic E-state index is 12.1. The summed E-state index contributed by atoms with van der Waals surface area (Å²) in [6.07, 6.45) is 0. The zero-order valence-electron chi connectivity index (χ0n) is 5.73. The van der Waals surface area contributed by atoms with Crippen LogP contribution >= 0.6 is 0 Å². The Morgan fingerprint density at radius 3 is 2.40 bits per heavy atom. The standard InChI is InChI=1S/C6H9F2NO/c1-5(10)2-9-3-6(7,8)4-9/h2-4H2,1H3. The van der Waals surface area contributed by atoms with Crippen LogP contribution in [0.2, 0.25) is 0 Å². The highest BCUT2D eigenvalue weighted by atomic mass is 19.3. The molecule has 0 spiro atoms. The molecule has 0 aromatic rings. The van der Waals surface area contributed by atoms with Crippen LogP contribution in [-0.2, 0) is 4.79 Å². The number of hydrogen-bond acceptors (Lipinski definition) is 2. The molecule has 0 bridgehead atoms. The predicted octanol–water partition coefficient (Wildman–Crippen LogP) is 0.526. The Morgan fingerprint density at radius 1 is 1.60 bits per heavy atom. The highest BCUT2D eigenvalue weighted by Gasteiger charge is 2.43. The number of rotatable bonds is 2. The van der Waals surface area contributed by atoms with Gasteiger partial charge in [0, 0.05) is 0 Å². The maximum absolute atomic E-state index is 12.1. The smallest absolute Gasteiger partial charge is 0.272 e. The molecule has 1 aliphatic heterocycles. The van der Waals surface area contributed by atoms with Crippen LogP contribution in [0, 0.1) is 0 Å². The molecule has 1 rings (SSSR count). The number of likely N-dealkylation sites (tertiary alicyclic amines) is 1. The van der Waals surface area contributed by atoms with Crippen molar-refractivity contribution in [2.45, 2.75) is 12.8 Å². The third-order valence-corrected chi connectivity index (χ3v) is 1.36. The van der Waals surface area contributed by atoms with E-state index in [0.717, 1.165) is 0 Å². The fraction of sp³-hybridized carbons (Fsp3) is 0.833. The summed E-state index contributed by atoms with van der Waals surface area (Å²) in [5, 5.41) is 0. The molecular formula is C6H9F2NO. The first-order valence-corrected chi connectivity index (χ1v) is 3.09. The summed E-state index contributed by atoms with van der Waals surface area (Å²) in [5.41, 5.74) is 0. The predicted molar refractivity (Wildman–Crippen MR) is 32.1 cm³/mol. The largest absolute Gasteiger partial charge is 0.299 e. The van der Waals surface area contributed by atoms with Crippen LogP contribution in [-0.4, -0.2) is 36.2 Å². The second-order valence-corrected chi connectivity index (χ2v) is 2.70. The minimum atomic E-state index is -2.55. The number of halogens is 2. The summed E-state index contributed by atoms with van der Waals surface area (Å²) in [6.45, 7) is 1.05. The number of carbonyl (C=O) groups excluding carboxylic acids is 1. The van der Waals surface area contributed by atoms with Crippen LogP contribution in [0.15, 0.2) is 0 Å². The molecule has 0 atom stereocenters. The lowest BCUT2D eigenvalue weighted by Crippen LogP contribution is -2.57. The van der Waals surface area contributed by atoms with Crippen molar-refractivity contribution in [2.75, 3.05) is 19.6 Å². The van der Waals surface area contributed by atoms with Crippen molar-refractivity contribution >= 4 is 5.78 Å². The van der Waals surface area contributed by atoms with Crippen LogP contribution in [0.5, 0.6) is 0 Å². The molecule has 0 radical (unpaired) electrons. The maximum Gasteiger partial charge on any atom is 0.272 e. The van der Waals surface area contributed by atoms with Crippen molar-refractivity contribution in [2.24, 2.45) is 0 Å². The first kappa shape index (κ1) is 7.60. The van der Waals surface area contributed by atoms with E-state index in [-0.39, 0.29) is 25.4 Å². The minimum Gasteiger partial charge on any atom is -0.299 e. The van der Waals surface area contributed by atoms with Crippen LogP contribution in [0.1, 0.15) is 6.92 Å². The fourth-order valence-electron chi connectivity index (χ4n) is 1.03. The third-order valence-electron chi connectivity index (χ3n) is 1.36. The molecule has 0 aliphatic carbocycles. The van der Waals surface area contributed by atoms with Gasteiger partial charge in [-0.25, -0.2) is 8.78 Å². The van der Waals surface area contributed by atoms with E-state index in [9.17, 15) is 13.6 Å². The van der Waals surface area contributed by atoms with Crippen LogP contribution < -0.4 is 0 Å². The van der Waals surface area contributed by atoms with E-state index < -0.39 is 5.92 Å². The molecule has 0 aromatic heterocycles. The third kappa shape index (κ3) is 1.73. The van der Waals surface area contributed by atoms with E-state index in [1.165, 1.54) is 11.8 Å². The van der Waals surface area contributed by atoms with Gasteiger partial charge in [-0.2, -0.15) is 0 Å². The molecule has 58 valence electrons. The molecule has 4 heteroatoms. The molecule has 1 fully saturated rings. The van der Waals surface area contributed by atoms with Crippen molar-refractivity contribution < 1.29 is 13.6 Å². The first-order valence-electron chi connectivity index (χ1n) is 3.09. The molecule has 1 saturated heterocycles. The van der Waals surface area contributed by atoms with E-state index >= 15 is 0 Å². The fourth-order valence-corrected chi connectivity index (χ4v) is 1.03. The summed E-state index contributed by atoms with van der Waals surface area (Å²) in [5.74, 6) is -2.61. The Balaban J connectivity index is 2.21. The molecular weight excluding hydrogens is 140 g/mol. The molecule has 0 unspecified atom stereocenters. The van der Waals surface area contributed by atoms with E-state index in [4.69, 9.17) is 0 Å². The minimum absolute atomic E-state index is 0.0597. The number of ketones is 1. The normalized spacial score (nSPS) is 23.9. The Hall–Kier alpha value is -0.510. The molecule has 10 heavy (non-hydrogen) atoms. The van der Waals surface area contributed by atoms with Crippen molar-refractivity contribution in [3.05, 3.63) is 0 Å². The van der Waals surface area contributed by atoms with Gasteiger partial charge in [-0.15, -0.1) is 0 Å². The van der Waals surface area contributed by atoms with Crippen molar-refractivity contribution in [1.29, 1.82) is 0 Å². The zero-order valence-corrected chi connectivity index (χ0v) is 5.73. The highest BCUT2D eigenvalue weighted by molar-refractivity contribution is 5.77. The summed E-state index contributed by atoms with van der Waals surface area (Å²) in [7, 11) is 0. The summed E-state index contributed by atoms with van der Waals surface area (Å²) >= 11 is 0. The lowest BCUT2D eigenvalue weighted by atomic mass is 10.1. The van der Waals surface area contributed by atoms with E-state index in [1.807, 2.05) is 0 Å². The van der Waals surface area contributed by atoms with Crippen LogP contribution in [0.25, 0.3) is 0 Å². The number of Topliss-reactive ketones (excluding diaryl/α,β-unsaturated/α-hetero) is 1. The first-order chi connectivity index (χ1) is 4.49. The van der Waals surface area contributed by atoms with Gasteiger partial charge >= 0.3 is 0 Å². The average Bonchev–Trinajstić information content (AvgIpc) is 1.57. The molecule has 0 saturated carbocycles. The number of hydrogen-bond donors (Lipinski definition) is 0. The Morgan fingerprint density at radius 2 is 2.10 bits per heavy atom. The monoisotopic (exact) mass is 149 g/mol. The Labute approximate surface area is 57.8 Å². The van der Waals surface area contributed by atoms with Crippen molar-refractivity contribution in [1.82, 2.24) is 4.90 Å². The van der Waals surface area contributed by atoms with Gasteiger partial charge in [-0.3, -0.25) is 9.69 Å². The average molecular weight is 149 g/mol.